The average Bonchev–Trinajstić information content (AvgIpc) is 3.31. The maximum absolute atomic E-state index is 12.9. The van der Waals surface area contributed by atoms with E-state index in [2.05, 4.69) is 25.0 Å². The van der Waals surface area contributed by atoms with E-state index in [9.17, 15) is 4.79 Å². The number of nitrogens with one attached hydrogen (secondary N) is 1. The van der Waals surface area contributed by atoms with Crippen LogP contribution >= 0.6 is 11.6 Å². The summed E-state index contributed by atoms with van der Waals surface area (Å²) in [5.74, 6) is 0.859. The number of piperidine rings is 1. The van der Waals surface area contributed by atoms with E-state index in [1.807, 2.05) is 6.07 Å². The van der Waals surface area contributed by atoms with E-state index < -0.39 is 0 Å². The standard InChI is InChI=1S/C18H25ClN6O/c19-17-15(10-20)21-11-16(22-17)23-7-3-6-14(12-23)25-9-8-24(18(25)26)13-4-1-2-5-13/h13-14,21H,1-9,11-12H2. The summed E-state index contributed by atoms with van der Waals surface area (Å²) in [6, 6.07) is 2.92. The van der Waals surface area contributed by atoms with Crippen LogP contribution in [0.25, 0.3) is 0 Å². The van der Waals surface area contributed by atoms with Crippen molar-refractivity contribution in [3.8, 4) is 6.07 Å². The fraction of sp³-hybridized carbons (Fsp3) is 0.722. The van der Waals surface area contributed by atoms with Gasteiger partial charge in [-0.05, 0) is 25.7 Å². The largest absolute Gasteiger partial charge is 0.367 e. The monoisotopic (exact) mass is 376 g/mol. The molecule has 0 aromatic carbocycles. The molecule has 4 rings (SSSR count). The molecule has 1 aliphatic carbocycles. The fourth-order valence-electron chi connectivity index (χ4n) is 4.63. The number of carbonyl (C=O) groups is 1. The van der Waals surface area contributed by atoms with Gasteiger partial charge in [-0.2, -0.15) is 5.26 Å². The molecule has 0 bridgehead atoms. The Morgan fingerprint density at radius 2 is 1.77 bits per heavy atom. The third-order valence-corrected chi connectivity index (χ3v) is 6.28. The van der Waals surface area contributed by atoms with Crippen molar-refractivity contribution in [2.24, 2.45) is 4.99 Å². The molecule has 3 aliphatic heterocycles. The summed E-state index contributed by atoms with van der Waals surface area (Å²) in [6.45, 7) is 3.91. The second kappa shape index (κ2) is 7.36. The Hall–Kier alpha value is -1.94. The van der Waals surface area contributed by atoms with Crippen LogP contribution in [0.15, 0.2) is 15.8 Å². The minimum absolute atomic E-state index is 0.220. The molecule has 4 aliphatic rings. The van der Waals surface area contributed by atoms with Crippen molar-refractivity contribution in [2.45, 2.75) is 50.6 Å². The van der Waals surface area contributed by atoms with Gasteiger partial charge in [0.25, 0.3) is 0 Å². The highest BCUT2D eigenvalue weighted by Gasteiger charge is 2.39. The highest BCUT2D eigenvalue weighted by molar-refractivity contribution is 6.30. The number of aliphatic imine (C=N–C) groups is 1. The van der Waals surface area contributed by atoms with Crippen molar-refractivity contribution >= 4 is 23.5 Å². The molecule has 3 heterocycles. The minimum atomic E-state index is 0.220. The lowest BCUT2D eigenvalue weighted by Gasteiger charge is -2.39. The lowest BCUT2D eigenvalue weighted by Crippen LogP contribution is -2.53. The van der Waals surface area contributed by atoms with Gasteiger partial charge in [-0.1, -0.05) is 24.4 Å². The highest BCUT2D eigenvalue weighted by Crippen LogP contribution is 2.29. The SMILES string of the molecule is N#CC1=C(Cl)N=C(N2CCCC(N3CCN(C4CCCC4)C3=O)C2)CN1. The Kier molecular flexibility index (Phi) is 4.94. The highest BCUT2D eigenvalue weighted by atomic mass is 35.5. The van der Waals surface area contributed by atoms with Crippen LogP contribution in [0.1, 0.15) is 38.5 Å². The molecule has 8 heteroatoms. The molecule has 26 heavy (non-hydrogen) atoms. The van der Waals surface area contributed by atoms with Crippen molar-refractivity contribution in [1.29, 1.82) is 5.26 Å². The summed E-state index contributed by atoms with van der Waals surface area (Å²) in [5.41, 5.74) is 0.325. The molecule has 1 unspecified atom stereocenters. The fourth-order valence-corrected chi connectivity index (χ4v) is 4.83. The molecule has 0 spiro atoms. The predicted octanol–water partition coefficient (Wildman–Crippen LogP) is 2.06. The predicted molar refractivity (Wildman–Crippen MR) is 99.6 cm³/mol. The molecular formula is C18H25ClN6O. The molecule has 7 nitrogen and oxygen atoms in total. The van der Waals surface area contributed by atoms with E-state index in [4.69, 9.17) is 16.9 Å². The molecule has 0 aromatic heterocycles. The zero-order valence-electron chi connectivity index (χ0n) is 15.0. The molecule has 1 saturated carbocycles. The number of hydrogen-bond donors (Lipinski definition) is 1. The van der Waals surface area contributed by atoms with Crippen molar-refractivity contribution < 1.29 is 4.79 Å². The van der Waals surface area contributed by atoms with Gasteiger partial charge in [-0.3, -0.25) is 0 Å². The van der Waals surface area contributed by atoms with Crippen LogP contribution in [0.4, 0.5) is 4.79 Å². The normalized spacial score (nSPS) is 27.7. The van der Waals surface area contributed by atoms with E-state index in [1.54, 1.807) is 0 Å². The number of nitriles is 1. The van der Waals surface area contributed by atoms with Crippen LogP contribution < -0.4 is 5.32 Å². The number of nitrogens with zero attached hydrogens (tertiary/aromatic N) is 5. The smallest absolute Gasteiger partial charge is 0.320 e. The van der Waals surface area contributed by atoms with E-state index in [-0.39, 0.29) is 17.2 Å². The summed E-state index contributed by atoms with van der Waals surface area (Å²) in [4.78, 5) is 23.7. The van der Waals surface area contributed by atoms with Gasteiger partial charge in [0.05, 0.1) is 12.6 Å². The van der Waals surface area contributed by atoms with Crippen LogP contribution in [-0.4, -0.2) is 71.4 Å². The molecule has 1 atom stereocenters. The Morgan fingerprint density at radius 3 is 2.46 bits per heavy atom. The van der Waals surface area contributed by atoms with Crippen LogP contribution in [0.2, 0.25) is 0 Å². The first kappa shape index (κ1) is 17.5. The number of carbonyl (C=O) groups excluding carboxylic acids is 1. The second-order valence-electron chi connectivity index (χ2n) is 7.51. The van der Waals surface area contributed by atoms with Gasteiger partial charge in [0, 0.05) is 32.2 Å². The van der Waals surface area contributed by atoms with E-state index in [0.717, 1.165) is 57.7 Å². The van der Waals surface area contributed by atoms with E-state index >= 15 is 0 Å². The van der Waals surface area contributed by atoms with Gasteiger partial charge in [0.2, 0.25) is 0 Å². The van der Waals surface area contributed by atoms with Crippen molar-refractivity contribution in [2.75, 3.05) is 32.7 Å². The number of hydrogen-bond acceptors (Lipinski definition) is 5. The zero-order chi connectivity index (χ0) is 18.1. The number of allylic oxidation sites excluding steroid dienone is 1. The first-order valence-electron chi connectivity index (χ1n) is 9.61. The second-order valence-corrected chi connectivity index (χ2v) is 7.87. The summed E-state index contributed by atoms with van der Waals surface area (Å²) in [6.07, 6.45) is 6.88. The van der Waals surface area contributed by atoms with Gasteiger partial charge >= 0.3 is 6.03 Å². The number of urea groups is 1. The van der Waals surface area contributed by atoms with E-state index in [0.29, 0.717) is 18.3 Å². The van der Waals surface area contributed by atoms with Gasteiger partial charge < -0.3 is 20.0 Å². The number of halogens is 1. The number of rotatable bonds is 2. The summed E-state index contributed by atoms with van der Waals surface area (Å²) < 4.78 is 0. The third kappa shape index (κ3) is 3.23. The lowest BCUT2D eigenvalue weighted by molar-refractivity contribution is 0.142. The van der Waals surface area contributed by atoms with Gasteiger partial charge in [-0.25, -0.2) is 9.79 Å². The Bertz CT molecular complexity index is 678. The maximum Gasteiger partial charge on any atom is 0.320 e. The van der Waals surface area contributed by atoms with E-state index in [1.165, 1.54) is 12.8 Å². The lowest BCUT2D eigenvalue weighted by atomic mass is 10.0. The van der Waals surface area contributed by atoms with Gasteiger partial charge in [-0.15, -0.1) is 0 Å². The molecule has 3 fully saturated rings. The van der Waals surface area contributed by atoms with Gasteiger partial charge in [0.15, 0.2) is 10.9 Å². The zero-order valence-corrected chi connectivity index (χ0v) is 15.7. The quantitative estimate of drug-likeness (QED) is 0.748. The van der Waals surface area contributed by atoms with Crippen molar-refractivity contribution in [3.05, 3.63) is 10.9 Å². The summed E-state index contributed by atoms with van der Waals surface area (Å²) in [7, 11) is 0. The van der Waals surface area contributed by atoms with Gasteiger partial charge in [0.1, 0.15) is 11.9 Å². The van der Waals surface area contributed by atoms with Crippen LogP contribution in [0.5, 0.6) is 0 Å². The topological polar surface area (TPSA) is 75.0 Å². The average molecular weight is 377 g/mol. The molecular weight excluding hydrogens is 352 g/mol. The molecule has 0 aromatic rings. The molecule has 2 amide bonds. The minimum Gasteiger partial charge on any atom is -0.367 e. The molecule has 0 radical (unpaired) electrons. The summed E-state index contributed by atoms with van der Waals surface area (Å²) in [5, 5.41) is 12.3. The summed E-state index contributed by atoms with van der Waals surface area (Å²) >= 11 is 6.08. The number of likely N-dealkylation sites (tertiary alicyclic amines) is 1. The first-order valence-corrected chi connectivity index (χ1v) is 9.98. The van der Waals surface area contributed by atoms with Crippen LogP contribution in [-0.2, 0) is 0 Å². The number of amidine groups is 1. The Balaban J connectivity index is 1.42. The van der Waals surface area contributed by atoms with Crippen molar-refractivity contribution in [3.63, 3.8) is 0 Å². The maximum atomic E-state index is 12.9. The third-order valence-electron chi connectivity index (χ3n) is 6.01. The molecule has 1 N–H and O–H groups in total. The molecule has 140 valence electrons. The molecule has 2 saturated heterocycles. The first-order chi connectivity index (χ1) is 12.7. The van der Waals surface area contributed by atoms with Crippen LogP contribution in [0, 0.1) is 11.3 Å². The number of amides is 2. The Labute approximate surface area is 159 Å². The Morgan fingerprint density at radius 1 is 1.08 bits per heavy atom. The van der Waals surface area contributed by atoms with Crippen molar-refractivity contribution in [1.82, 2.24) is 20.0 Å². The van der Waals surface area contributed by atoms with Crippen LogP contribution in [0.3, 0.4) is 0 Å².